The molecule has 0 atom stereocenters. The number of nitriles is 1. The Bertz CT molecular complexity index is 1600. The molecular weight excluding hydrogens is 416 g/mol. The second-order valence-corrected chi connectivity index (χ2v) is 7.30. The summed E-state index contributed by atoms with van der Waals surface area (Å²) < 4.78 is 0. The van der Waals surface area contributed by atoms with Crippen molar-refractivity contribution < 1.29 is 9.90 Å². The van der Waals surface area contributed by atoms with E-state index < -0.39 is 5.91 Å². The number of nitrogens with one attached hydrogen (secondary N) is 2. The van der Waals surface area contributed by atoms with Gasteiger partial charge < -0.3 is 10.4 Å². The Morgan fingerprint density at radius 2 is 1.73 bits per heavy atom. The van der Waals surface area contributed by atoms with Gasteiger partial charge in [-0.05, 0) is 34.4 Å². The molecule has 1 aromatic heterocycles. The van der Waals surface area contributed by atoms with Crippen molar-refractivity contribution in [1.29, 1.82) is 5.26 Å². The smallest absolute Gasteiger partial charge is 0.259 e. The predicted octanol–water partition coefficient (Wildman–Crippen LogP) is 5.96. The van der Waals surface area contributed by atoms with Crippen LogP contribution >= 0.6 is 0 Å². The molecule has 8 heteroatoms. The number of carbonyl (C=O) groups is 1. The number of phenols is 1. The molecular formula is C25H16N6O2. The third kappa shape index (κ3) is 3.75. The number of hydrogen-bond acceptors (Lipinski definition) is 6. The first-order valence-electron chi connectivity index (χ1n) is 10.0. The molecule has 1 amide bonds. The quantitative estimate of drug-likeness (QED) is 0.303. The van der Waals surface area contributed by atoms with E-state index >= 15 is 0 Å². The monoisotopic (exact) mass is 432 g/mol. The maximum Gasteiger partial charge on any atom is 0.259 e. The van der Waals surface area contributed by atoms with Crippen molar-refractivity contribution >= 4 is 44.6 Å². The van der Waals surface area contributed by atoms with Gasteiger partial charge in [0.15, 0.2) is 11.6 Å². The van der Waals surface area contributed by atoms with Gasteiger partial charge in [0.05, 0.1) is 11.8 Å². The molecule has 0 fully saturated rings. The van der Waals surface area contributed by atoms with Crippen molar-refractivity contribution in [3.63, 3.8) is 0 Å². The summed E-state index contributed by atoms with van der Waals surface area (Å²) in [5.74, 6) is -0.634. The van der Waals surface area contributed by atoms with Crippen LogP contribution in [0.5, 0.6) is 5.75 Å². The highest BCUT2D eigenvalue weighted by molar-refractivity contribution is 6.12. The third-order valence-electron chi connectivity index (χ3n) is 5.24. The summed E-state index contributed by atoms with van der Waals surface area (Å²) >= 11 is 0. The van der Waals surface area contributed by atoms with Crippen molar-refractivity contribution in [2.45, 2.75) is 0 Å². The van der Waals surface area contributed by atoms with E-state index in [1.165, 1.54) is 6.20 Å². The molecule has 0 aliphatic heterocycles. The standard InChI is InChI=1S/C25H16N6O2/c26-13-18-14-27-30-24(18)31-29-22-20-8-4-3-7-17(20)12-21(23(22)32)25(33)28-19-10-9-15-5-1-2-6-16(15)11-19/h1-12,14,32H,(H,27,30)(H,28,33). The number of amides is 1. The van der Waals surface area contributed by atoms with Crippen LogP contribution in [0.3, 0.4) is 0 Å². The first-order valence-corrected chi connectivity index (χ1v) is 10.0. The molecule has 8 nitrogen and oxygen atoms in total. The minimum atomic E-state index is -0.482. The third-order valence-corrected chi connectivity index (χ3v) is 5.24. The summed E-state index contributed by atoms with van der Waals surface area (Å²) in [4.78, 5) is 13.1. The van der Waals surface area contributed by atoms with Crippen LogP contribution in [0, 0.1) is 11.3 Å². The first-order chi connectivity index (χ1) is 16.1. The fraction of sp³-hybridized carbons (Fsp3) is 0. The number of aromatic hydroxyl groups is 1. The van der Waals surface area contributed by atoms with Gasteiger partial charge in [-0.2, -0.15) is 10.4 Å². The largest absolute Gasteiger partial charge is 0.505 e. The van der Waals surface area contributed by atoms with E-state index in [0.717, 1.165) is 10.8 Å². The number of nitrogens with zero attached hydrogens (tertiary/aromatic N) is 4. The Labute approximate surface area is 187 Å². The molecule has 5 rings (SSSR count). The second kappa shape index (κ2) is 8.24. The van der Waals surface area contributed by atoms with Gasteiger partial charge in [0.1, 0.15) is 17.3 Å². The second-order valence-electron chi connectivity index (χ2n) is 7.30. The number of azo groups is 1. The van der Waals surface area contributed by atoms with Crippen LogP contribution in [0.1, 0.15) is 15.9 Å². The van der Waals surface area contributed by atoms with E-state index in [9.17, 15) is 9.90 Å². The molecule has 3 N–H and O–H groups in total. The van der Waals surface area contributed by atoms with E-state index in [2.05, 4.69) is 25.7 Å². The van der Waals surface area contributed by atoms with Crippen LogP contribution < -0.4 is 5.32 Å². The average molecular weight is 432 g/mol. The normalized spacial score (nSPS) is 11.1. The minimum absolute atomic E-state index is 0.0564. The lowest BCUT2D eigenvalue weighted by Gasteiger charge is -2.11. The van der Waals surface area contributed by atoms with Gasteiger partial charge in [0.25, 0.3) is 5.91 Å². The summed E-state index contributed by atoms with van der Waals surface area (Å²) in [6.07, 6.45) is 1.33. The number of phenolic OH excluding ortho intramolecular Hbond substituents is 1. The number of hydrogen-bond donors (Lipinski definition) is 3. The summed E-state index contributed by atoms with van der Waals surface area (Å²) in [5.41, 5.74) is 0.995. The molecule has 0 unspecified atom stereocenters. The number of carbonyl (C=O) groups excluding carboxylic acids is 1. The summed E-state index contributed by atoms with van der Waals surface area (Å²) in [5, 5.41) is 40.8. The Balaban J connectivity index is 1.55. The maximum atomic E-state index is 13.1. The van der Waals surface area contributed by atoms with Crippen LogP contribution in [-0.2, 0) is 0 Å². The molecule has 0 bridgehead atoms. The molecule has 158 valence electrons. The number of anilines is 1. The van der Waals surface area contributed by atoms with Crippen molar-refractivity contribution in [1.82, 2.24) is 10.2 Å². The molecule has 4 aromatic carbocycles. The van der Waals surface area contributed by atoms with Crippen LogP contribution in [-0.4, -0.2) is 21.2 Å². The molecule has 5 aromatic rings. The van der Waals surface area contributed by atoms with Crippen LogP contribution in [0.25, 0.3) is 21.5 Å². The molecule has 0 aliphatic carbocycles. The number of aromatic nitrogens is 2. The number of rotatable bonds is 4. The van der Waals surface area contributed by atoms with E-state index in [1.807, 2.05) is 54.6 Å². The van der Waals surface area contributed by atoms with E-state index in [4.69, 9.17) is 5.26 Å². The molecule has 0 radical (unpaired) electrons. The van der Waals surface area contributed by atoms with Crippen molar-refractivity contribution in [2.75, 3.05) is 5.32 Å². The molecule has 0 spiro atoms. The average Bonchev–Trinajstić information content (AvgIpc) is 3.30. The Kier molecular flexibility index (Phi) is 4.97. The van der Waals surface area contributed by atoms with Crippen LogP contribution in [0.2, 0.25) is 0 Å². The highest BCUT2D eigenvalue weighted by Gasteiger charge is 2.19. The Morgan fingerprint density at radius 1 is 0.970 bits per heavy atom. The van der Waals surface area contributed by atoms with Crippen LogP contribution in [0.4, 0.5) is 17.2 Å². The lowest BCUT2D eigenvalue weighted by Crippen LogP contribution is -2.12. The summed E-state index contributed by atoms with van der Waals surface area (Å²) in [6.45, 7) is 0. The van der Waals surface area contributed by atoms with E-state index in [1.54, 1.807) is 24.3 Å². The topological polar surface area (TPSA) is 127 Å². The van der Waals surface area contributed by atoms with Gasteiger partial charge in [-0.15, -0.1) is 10.2 Å². The zero-order valence-corrected chi connectivity index (χ0v) is 17.1. The number of H-pyrrole nitrogens is 1. The molecule has 0 saturated heterocycles. The lowest BCUT2D eigenvalue weighted by atomic mass is 10.0. The lowest BCUT2D eigenvalue weighted by molar-refractivity contribution is 0.102. The maximum absolute atomic E-state index is 13.1. The molecule has 33 heavy (non-hydrogen) atoms. The van der Waals surface area contributed by atoms with Gasteiger partial charge in [0.2, 0.25) is 0 Å². The first kappa shape index (κ1) is 19.9. The zero-order chi connectivity index (χ0) is 22.8. The van der Waals surface area contributed by atoms with Crippen molar-refractivity contribution in [3.8, 4) is 11.8 Å². The number of aromatic amines is 1. The fourth-order valence-electron chi connectivity index (χ4n) is 3.59. The SMILES string of the molecule is N#Cc1cn[nH]c1N=Nc1c(O)c(C(=O)Nc2ccc3ccccc3c2)cc2ccccc12. The van der Waals surface area contributed by atoms with Crippen molar-refractivity contribution in [2.24, 2.45) is 10.2 Å². The molecule has 0 aliphatic rings. The Hall–Kier alpha value is -5.03. The molecule has 0 saturated carbocycles. The zero-order valence-electron chi connectivity index (χ0n) is 17.1. The van der Waals surface area contributed by atoms with Crippen LogP contribution in [0.15, 0.2) is 89.2 Å². The predicted molar refractivity (Wildman–Crippen MR) is 125 cm³/mol. The number of benzene rings is 4. The Morgan fingerprint density at radius 3 is 2.55 bits per heavy atom. The van der Waals surface area contributed by atoms with Gasteiger partial charge in [-0.1, -0.05) is 54.6 Å². The minimum Gasteiger partial charge on any atom is -0.505 e. The van der Waals surface area contributed by atoms with Gasteiger partial charge in [-0.25, -0.2) is 0 Å². The van der Waals surface area contributed by atoms with E-state index in [0.29, 0.717) is 16.5 Å². The highest BCUT2D eigenvalue weighted by atomic mass is 16.3. The van der Waals surface area contributed by atoms with Gasteiger partial charge >= 0.3 is 0 Å². The number of fused-ring (bicyclic) bond motifs is 2. The summed E-state index contributed by atoms with van der Waals surface area (Å²) in [7, 11) is 0. The highest BCUT2D eigenvalue weighted by Crippen LogP contribution is 2.39. The van der Waals surface area contributed by atoms with Gasteiger partial charge in [0, 0.05) is 11.1 Å². The fourth-order valence-corrected chi connectivity index (χ4v) is 3.59. The van der Waals surface area contributed by atoms with E-state index in [-0.39, 0.29) is 28.4 Å². The van der Waals surface area contributed by atoms with Gasteiger partial charge in [-0.3, -0.25) is 9.89 Å². The molecule has 1 heterocycles. The van der Waals surface area contributed by atoms with Crippen molar-refractivity contribution in [3.05, 3.63) is 90.1 Å². The summed E-state index contributed by atoms with van der Waals surface area (Å²) in [6, 6.07) is 24.2.